The number of hydrogen-bond donors (Lipinski definition) is 0. The zero-order valence-corrected chi connectivity index (χ0v) is 10.4. The summed E-state index contributed by atoms with van der Waals surface area (Å²) in [4.78, 5) is 10.7. The van der Waals surface area contributed by atoms with Gasteiger partial charge in [0.05, 0.1) is 0 Å². The van der Waals surface area contributed by atoms with Gasteiger partial charge in [0, 0.05) is 0 Å². The highest BCUT2D eigenvalue weighted by Crippen LogP contribution is 2.50. The number of aldehydes is 1. The summed E-state index contributed by atoms with van der Waals surface area (Å²) < 4.78 is 0. The van der Waals surface area contributed by atoms with E-state index in [1.54, 1.807) is 0 Å². The number of carbonyl (C=O) groups excluding carboxylic acids is 1. The number of fused-ring (bicyclic) bond motifs is 1. The molecule has 4 unspecified atom stereocenters. The summed E-state index contributed by atoms with van der Waals surface area (Å²) in [6, 6.07) is 0. The lowest BCUT2D eigenvalue weighted by Gasteiger charge is -2.37. The van der Waals surface area contributed by atoms with Crippen LogP contribution < -0.4 is 0 Å². The van der Waals surface area contributed by atoms with Crippen LogP contribution in [0.4, 0.5) is 0 Å². The van der Waals surface area contributed by atoms with E-state index >= 15 is 0 Å². The summed E-state index contributed by atoms with van der Waals surface area (Å²) in [6.07, 6.45) is 8.21. The van der Waals surface area contributed by atoms with Crippen LogP contribution in [0.25, 0.3) is 0 Å². The summed E-state index contributed by atoms with van der Waals surface area (Å²) in [5.74, 6) is 2.88. The normalized spacial score (nSPS) is 39.6. The topological polar surface area (TPSA) is 17.1 Å². The zero-order chi connectivity index (χ0) is 11.7. The molecule has 0 aromatic carbocycles. The Balaban J connectivity index is 2.20. The van der Waals surface area contributed by atoms with Gasteiger partial charge < -0.3 is 0 Å². The average Bonchev–Trinajstić information content (AvgIpc) is 2.66. The van der Waals surface area contributed by atoms with Gasteiger partial charge in [-0.3, -0.25) is 4.79 Å². The Bertz CT molecular complexity index is 326. The second kappa shape index (κ2) is 4.57. The third-order valence-corrected chi connectivity index (χ3v) is 4.54. The van der Waals surface area contributed by atoms with E-state index in [0.717, 1.165) is 23.7 Å². The molecule has 0 amide bonds. The van der Waals surface area contributed by atoms with Gasteiger partial charge in [-0.15, -0.1) is 0 Å². The fourth-order valence-electron chi connectivity index (χ4n) is 3.67. The van der Waals surface area contributed by atoms with Crippen LogP contribution in [0.2, 0.25) is 0 Å². The fourth-order valence-corrected chi connectivity index (χ4v) is 3.67. The minimum atomic E-state index is 0.571. The van der Waals surface area contributed by atoms with Gasteiger partial charge in [-0.05, 0) is 61.9 Å². The molecular weight excluding hydrogens is 196 g/mol. The SMILES string of the molecule is C=C1CCC2C(C)CCC(C=C(C)C=O)C12. The molecule has 4 atom stereocenters. The van der Waals surface area contributed by atoms with E-state index in [1.807, 2.05) is 6.92 Å². The second-order valence-electron chi connectivity index (χ2n) is 5.63. The van der Waals surface area contributed by atoms with Crippen LogP contribution in [0.3, 0.4) is 0 Å². The van der Waals surface area contributed by atoms with Crippen molar-refractivity contribution in [1.82, 2.24) is 0 Å². The molecule has 0 aliphatic heterocycles. The molecule has 0 radical (unpaired) electrons. The maximum atomic E-state index is 10.7. The Morgan fingerprint density at radius 3 is 2.81 bits per heavy atom. The summed E-state index contributed by atoms with van der Waals surface area (Å²) in [5.41, 5.74) is 2.31. The molecule has 2 saturated carbocycles. The van der Waals surface area contributed by atoms with E-state index in [1.165, 1.54) is 31.3 Å². The Kier molecular flexibility index (Phi) is 3.32. The van der Waals surface area contributed by atoms with Crippen molar-refractivity contribution in [3.63, 3.8) is 0 Å². The van der Waals surface area contributed by atoms with Crippen LogP contribution in [-0.4, -0.2) is 6.29 Å². The van der Waals surface area contributed by atoms with Gasteiger partial charge in [0.25, 0.3) is 0 Å². The molecule has 2 rings (SSSR count). The highest BCUT2D eigenvalue weighted by Gasteiger charge is 2.41. The first kappa shape index (κ1) is 11.6. The standard InChI is InChI=1S/C15H22O/c1-10(9-16)8-13-6-4-11(2)14-7-5-12(3)15(13)14/h8-9,11,13-15H,3-7H2,1-2H3. The average molecular weight is 218 g/mol. The van der Waals surface area contributed by atoms with Crippen molar-refractivity contribution in [2.45, 2.75) is 39.5 Å². The maximum absolute atomic E-state index is 10.7. The van der Waals surface area contributed by atoms with Crippen LogP contribution in [0.15, 0.2) is 23.8 Å². The first-order valence-corrected chi connectivity index (χ1v) is 6.44. The van der Waals surface area contributed by atoms with E-state index in [-0.39, 0.29) is 0 Å². The molecule has 0 N–H and O–H groups in total. The van der Waals surface area contributed by atoms with Gasteiger partial charge in [0.1, 0.15) is 6.29 Å². The third kappa shape index (κ3) is 2.00. The monoisotopic (exact) mass is 218 g/mol. The predicted molar refractivity (Wildman–Crippen MR) is 67.1 cm³/mol. The molecule has 0 bridgehead atoms. The van der Waals surface area contributed by atoms with Crippen LogP contribution in [0.5, 0.6) is 0 Å². The molecule has 1 nitrogen and oxygen atoms in total. The second-order valence-corrected chi connectivity index (χ2v) is 5.63. The predicted octanol–water partition coefficient (Wildman–Crippen LogP) is 3.76. The lowest BCUT2D eigenvalue weighted by molar-refractivity contribution is -0.104. The van der Waals surface area contributed by atoms with Crippen molar-refractivity contribution < 1.29 is 4.79 Å². The minimum Gasteiger partial charge on any atom is -0.298 e. The van der Waals surface area contributed by atoms with Crippen molar-refractivity contribution in [3.8, 4) is 0 Å². The van der Waals surface area contributed by atoms with Crippen molar-refractivity contribution >= 4 is 6.29 Å². The van der Waals surface area contributed by atoms with Crippen molar-refractivity contribution in [2.24, 2.45) is 23.7 Å². The van der Waals surface area contributed by atoms with E-state index in [0.29, 0.717) is 11.8 Å². The van der Waals surface area contributed by atoms with Gasteiger partial charge >= 0.3 is 0 Å². The lowest BCUT2D eigenvalue weighted by atomic mass is 9.67. The number of hydrogen-bond acceptors (Lipinski definition) is 1. The largest absolute Gasteiger partial charge is 0.298 e. The summed E-state index contributed by atoms with van der Waals surface area (Å²) in [6.45, 7) is 8.53. The van der Waals surface area contributed by atoms with Gasteiger partial charge in [-0.1, -0.05) is 25.2 Å². The minimum absolute atomic E-state index is 0.571. The van der Waals surface area contributed by atoms with Gasteiger partial charge in [-0.25, -0.2) is 0 Å². The molecular formula is C15H22O. The van der Waals surface area contributed by atoms with Crippen molar-refractivity contribution in [2.75, 3.05) is 0 Å². The highest BCUT2D eigenvalue weighted by molar-refractivity contribution is 5.72. The van der Waals surface area contributed by atoms with E-state index < -0.39 is 0 Å². The Hall–Kier alpha value is -0.850. The number of allylic oxidation sites excluding steroid dienone is 3. The van der Waals surface area contributed by atoms with Crippen LogP contribution >= 0.6 is 0 Å². The maximum Gasteiger partial charge on any atom is 0.145 e. The number of carbonyl (C=O) groups is 1. The Labute approximate surface area is 98.6 Å². The molecule has 88 valence electrons. The highest BCUT2D eigenvalue weighted by atomic mass is 16.1. The zero-order valence-electron chi connectivity index (χ0n) is 10.4. The van der Waals surface area contributed by atoms with Gasteiger partial charge in [-0.2, -0.15) is 0 Å². The van der Waals surface area contributed by atoms with Gasteiger partial charge in [0.15, 0.2) is 0 Å². The molecule has 0 aromatic rings. The van der Waals surface area contributed by atoms with Crippen LogP contribution in [-0.2, 0) is 4.79 Å². The summed E-state index contributed by atoms with van der Waals surface area (Å²) in [7, 11) is 0. The first-order valence-electron chi connectivity index (χ1n) is 6.44. The molecule has 1 heteroatoms. The fraction of sp³-hybridized carbons (Fsp3) is 0.667. The quantitative estimate of drug-likeness (QED) is 0.392. The molecule has 0 saturated heterocycles. The Morgan fingerprint density at radius 1 is 1.38 bits per heavy atom. The summed E-state index contributed by atoms with van der Waals surface area (Å²) in [5, 5.41) is 0. The molecule has 2 aliphatic carbocycles. The van der Waals surface area contributed by atoms with Crippen molar-refractivity contribution in [3.05, 3.63) is 23.8 Å². The van der Waals surface area contributed by atoms with E-state index in [2.05, 4.69) is 19.6 Å². The van der Waals surface area contributed by atoms with E-state index in [9.17, 15) is 4.79 Å². The molecule has 2 aliphatic rings. The summed E-state index contributed by atoms with van der Waals surface area (Å²) >= 11 is 0. The molecule has 16 heavy (non-hydrogen) atoms. The number of rotatable bonds is 2. The molecule has 0 spiro atoms. The van der Waals surface area contributed by atoms with E-state index in [4.69, 9.17) is 0 Å². The van der Waals surface area contributed by atoms with Gasteiger partial charge in [0.2, 0.25) is 0 Å². The smallest absolute Gasteiger partial charge is 0.145 e. The van der Waals surface area contributed by atoms with Crippen LogP contribution in [0.1, 0.15) is 39.5 Å². The third-order valence-electron chi connectivity index (χ3n) is 4.54. The van der Waals surface area contributed by atoms with Crippen LogP contribution in [0, 0.1) is 23.7 Å². The lowest BCUT2D eigenvalue weighted by Crippen LogP contribution is -2.29. The van der Waals surface area contributed by atoms with Crippen molar-refractivity contribution in [1.29, 1.82) is 0 Å². The Morgan fingerprint density at radius 2 is 2.12 bits per heavy atom. The first-order chi connectivity index (χ1) is 7.63. The molecule has 0 aromatic heterocycles. The molecule has 2 fully saturated rings. The molecule has 0 heterocycles.